The van der Waals surface area contributed by atoms with Crippen molar-refractivity contribution in [2.24, 2.45) is 0 Å². The van der Waals surface area contributed by atoms with E-state index in [0.29, 0.717) is 40.1 Å². The zero-order valence-corrected chi connectivity index (χ0v) is 16.4. The Morgan fingerprint density at radius 2 is 1.41 bits per heavy atom. The number of hydrogen-bond acceptors (Lipinski definition) is 3. The molecule has 0 aromatic heterocycles. The first-order chi connectivity index (χ1) is 14.9. The van der Waals surface area contributed by atoms with E-state index in [4.69, 9.17) is 10.00 Å². The summed E-state index contributed by atoms with van der Waals surface area (Å²) in [7, 11) is 1.41. The van der Waals surface area contributed by atoms with Crippen LogP contribution in [0.3, 0.4) is 0 Å². The van der Waals surface area contributed by atoms with Crippen molar-refractivity contribution in [3.63, 3.8) is 0 Å². The Morgan fingerprint density at radius 3 is 1.94 bits per heavy atom. The third-order valence-corrected chi connectivity index (χ3v) is 4.96. The highest BCUT2D eigenvalue weighted by molar-refractivity contribution is 5.85. The van der Waals surface area contributed by atoms with Crippen LogP contribution in [-0.2, 0) is 5.60 Å². The predicted molar refractivity (Wildman–Crippen MR) is 105 cm³/mol. The van der Waals surface area contributed by atoms with Crippen molar-refractivity contribution in [3.8, 4) is 34.1 Å². The van der Waals surface area contributed by atoms with E-state index in [1.807, 2.05) is 6.07 Å². The van der Waals surface area contributed by atoms with Gasteiger partial charge in [0, 0.05) is 5.56 Å². The van der Waals surface area contributed by atoms with Crippen LogP contribution in [0.15, 0.2) is 66.7 Å². The van der Waals surface area contributed by atoms with Crippen LogP contribution in [0.2, 0.25) is 0 Å². The molecule has 3 rings (SSSR count). The lowest BCUT2D eigenvalue weighted by Crippen LogP contribution is -2.53. The molecule has 0 saturated heterocycles. The molecule has 0 unspecified atom stereocenters. The van der Waals surface area contributed by atoms with Crippen molar-refractivity contribution in [2.75, 3.05) is 7.11 Å². The van der Waals surface area contributed by atoms with Gasteiger partial charge in [0.2, 0.25) is 0 Å². The van der Waals surface area contributed by atoms with E-state index in [-0.39, 0.29) is 5.56 Å². The first-order valence-electron chi connectivity index (χ1n) is 9.07. The third kappa shape index (κ3) is 4.01. The fraction of sp³-hybridized carbons (Fsp3) is 0.174. The number of alkyl halides is 6. The van der Waals surface area contributed by atoms with Gasteiger partial charge in [0.25, 0.3) is 5.60 Å². The molecule has 3 aromatic rings. The van der Waals surface area contributed by atoms with E-state index in [2.05, 4.69) is 0 Å². The second-order valence-electron chi connectivity index (χ2n) is 6.89. The SMILES string of the molecule is COc1ccc(-c2cccc(C#N)c2)c(-c2ccc(C(O)(C(F)(F)F)C(F)(F)F)cc2)c1. The normalized spacial score (nSPS) is 12.3. The van der Waals surface area contributed by atoms with Gasteiger partial charge < -0.3 is 9.84 Å². The van der Waals surface area contributed by atoms with Gasteiger partial charge in [0.1, 0.15) is 5.75 Å². The molecular formula is C23H15F6NO2. The van der Waals surface area contributed by atoms with Crippen LogP contribution in [0, 0.1) is 11.3 Å². The molecule has 0 saturated carbocycles. The lowest BCUT2D eigenvalue weighted by atomic mass is 9.89. The molecule has 0 fully saturated rings. The molecule has 0 heterocycles. The molecule has 0 aliphatic heterocycles. The highest BCUT2D eigenvalue weighted by Crippen LogP contribution is 2.50. The molecule has 0 bridgehead atoms. The van der Waals surface area contributed by atoms with Gasteiger partial charge in [0.15, 0.2) is 0 Å². The molecule has 0 radical (unpaired) electrons. The maximum atomic E-state index is 13.2. The van der Waals surface area contributed by atoms with Gasteiger partial charge in [-0.2, -0.15) is 31.6 Å². The minimum Gasteiger partial charge on any atom is -0.497 e. The molecule has 0 spiro atoms. The maximum absolute atomic E-state index is 13.2. The summed E-state index contributed by atoms with van der Waals surface area (Å²) in [6.45, 7) is 0. The van der Waals surface area contributed by atoms with Gasteiger partial charge in [-0.1, -0.05) is 42.5 Å². The number of ether oxygens (including phenoxy) is 1. The molecule has 0 aliphatic carbocycles. The Kier molecular flexibility index (Phi) is 5.94. The Morgan fingerprint density at radius 1 is 0.781 bits per heavy atom. The van der Waals surface area contributed by atoms with Gasteiger partial charge in [0.05, 0.1) is 18.7 Å². The maximum Gasteiger partial charge on any atom is 0.430 e. The van der Waals surface area contributed by atoms with Crippen LogP contribution in [0.1, 0.15) is 11.1 Å². The van der Waals surface area contributed by atoms with Crippen molar-refractivity contribution in [1.82, 2.24) is 0 Å². The second kappa shape index (κ2) is 8.20. The third-order valence-electron chi connectivity index (χ3n) is 4.96. The Balaban J connectivity index is 2.16. The summed E-state index contributed by atoms with van der Waals surface area (Å²) in [5, 5.41) is 18.7. The first kappa shape index (κ1) is 23.2. The number of halogens is 6. The highest BCUT2D eigenvalue weighted by Gasteiger charge is 2.71. The van der Waals surface area contributed by atoms with Gasteiger partial charge in [-0.05, 0) is 46.5 Å². The number of hydrogen-bond donors (Lipinski definition) is 1. The molecule has 1 N–H and O–H groups in total. The molecule has 9 heteroatoms. The van der Waals surface area contributed by atoms with Crippen LogP contribution < -0.4 is 4.74 Å². The number of nitrogens with zero attached hydrogens (tertiary/aromatic N) is 1. The van der Waals surface area contributed by atoms with Crippen LogP contribution in [0.25, 0.3) is 22.3 Å². The van der Waals surface area contributed by atoms with Crippen molar-refractivity contribution >= 4 is 0 Å². The molecule has 0 amide bonds. The molecule has 3 nitrogen and oxygen atoms in total. The largest absolute Gasteiger partial charge is 0.497 e. The van der Waals surface area contributed by atoms with Crippen LogP contribution in [-0.4, -0.2) is 24.6 Å². The van der Waals surface area contributed by atoms with Crippen molar-refractivity contribution < 1.29 is 36.2 Å². The van der Waals surface area contributed by atoms with Gasteiger partial charge in [-0.3, -0.25) is 0 Å². The van der Waals surface area contributed by atoms with Crippen molar-refractivity contribution in [1.29, 1.82) is 5.26 Å². The quantitative estimate of drug-likeness (QED) is 0.480. The predicted octanol–water partition coefficient (Wildman–Crippen LogP) is 6.21. The summed E-state index contributed by atoms with van der Waals surface area (Å²) in [5.41, 5.74) is -4.04. The molecular weight excluding hydrogens is 436 g/mol. The smallest absolute Gasteiger partial charge is 0.430 e. The topological polar surface area (TPSA) is 53.2 Å². The molecule has 0 atom stereocenters. The molecule has 166 valence electrons. The highest BCUT2D eigenvalue weighted by atomic mass is 19.4. The number of rotatable bonds is 4. The fourth-order valence-corrected chi connectivity index (χ4v) is 3.28. The van der Waals surface area contributed by atoms with Gasteiger partial charge >= 0.3 is 12.4 Å². The average Bonchev–Trinajstić information content (AvgIpc) is 2.76. The van der Waals surface area contributed by atoms with E-state index in [1.165, 1.54) is 7.11 Å². The van der Waals surface area contributed by atoms with E-state index in [1.54, 1.807) is 42.5 Å². The summed E-state index contributed by atoms with van der Waals surface area (Å²) in [6, 6.07) is 16.7. The Labute approximate surface area is 179 Å². The van der Waals surface area contributed by atoms with Crippen LogP contribution >= 0.6 is 0 Å². The van der Waals surface area contributed by atoms with Gasteiger partial charge in [-0.25, -0.2) is 0 Å². The van der Waals surface area contributed by atoms with Gasteiger partial charge in [-0.15, -0.1) is 0 Å². The lowest BCUT2D eigenvalue weighted by Gasteiger charge is -2.32. The molecule has 32 heavy (non-hydrogen) atoms. The van der Waals surface area contributed by atoms with E-state index in [0.717, 1.165) is 12.1 Å². The fourth-order valence-electron chi connectivity index (χ4n) is 3.28. The first-order valence-corrected chi connectivity index (χ1v) is 9.07. The van der Waals surface area contributed by atoms with E-state index < -0.39 is 23.5 Å². The van der Waals surface area contributed by atoms with Crippen molar-refractivity contribution in [2.45, 2.75) is 18.0 Å². The second-order valence-corrected chi connectivity index (χ2v) is 6.89. The zero-order chi connectivity index (χ0) is 23.7. The standard InChI is InChI=1S/C23H15F6NO2/c1-32-18-9-10-19(16-4-2-3-14(11-16)13-30)20(12-18)15-5-7-17(8-6-15)21(31,22(24,25)26)23(27,28)29/h2-12,31H,1H3. The Hall–Kier alpha value is -3.51. The summed E-state index contributed by atoms with van der Waals surface area (Å²) in [5.74, 6) is 0.409. The minimum absolute atomic E-state index is 0.289. The minimum atomic E-state index is -5.97. The summed E-state index contributed by atoms with van der Waals surface area (Å²) in [4.78, 5) is 0. The lowest BCUT2D eigenvalue weighted by molar-refractivity contribution is -0.376. The summed E-state index contributed by atoms with van der Waals surface area (Å²) >= 11 is 0. The molecule has 3 aromatic carbocycles. The summed E-state index contributed by atoms with van der Waals surface area (Å²) in [6.07, 6.45) is -11.9. The average molecular weight is 451 g/mol. The zero-order valence-electron chi connectivity index (χ0n) is 16.4. The number of benzene rings is 3. The monoisotopic (exact) mass is 451 g/mol. The number of aliphatic hydroxyl groups is 1. The van der Waals surface area contributed by atoms with Crippen LogP contribution in [0.4, 0.5) is 26.3 Å². The number of methoxy groups -OCH3 is 1. The Bertz CT molecular complexity index is 1150. The van der Waals surface area contributed by atoms with E-state index >= 15 is 0 Å². The van der Waals surface area contributed by atoms with Crippen LogP contribution in [0.5, 0.6) is 5.75 Å². The number of nitriles is 1. The van der Waals surface area contributed by atoms with E-state index in [9.17, 15) is 31.4 Å². The molecule has 0 aliphatic rings. The summed E-state index contributed by atoms with van der Waals surface area (Å²) < 4.78 is 84.1. The van der Waals surface area contributed by atoms with Crippen molar-refractivity contribution in [3.05, 3.63) is 77.9 Å².